The lowest BCUT2D eigenvalue weighted by Crippen LogP contribution is -2.19. The van der Waals surface area contributed by atoms with Crippen LogP contribution in [0.25, 0.3) is 0 Å². The Labute approximate surface area is 124 Å². The summed E-state index contributed by atoms with van der Waals surface area (Å²) in [5.41, 5.74) is 8.64. The summed E-state index contributed by atoms with van der Waals surface area (Å²) in [7, 11) is 0. The van der Waals surface area contributed by atoms with Gasteiger partial charge in [0, 0.05) is 12.2 Å². The van der Waals surface area contributed by atoms with Gasteiger partial charge in [-0.1, -0.05) is 23.7 Å². The Bertz CT molecular complexity index is 569. The average Bonchev–Trinajstić information content (AvgIpc) is 2.44. The molecule has 0 aliphatic rings. The van der Waals surface area contributed by atoms with Gasteiger partial charge in [0.1, 0.15) is 5.82 Å². The van der Waals surface area contributed by atoms with E-state index < -0.39 is 0 Å². The first kappa shape index (κ1) is 14.8. The molecular formula is C16H18ClFN2. The first-order chi connectivity index (χ1) is 9.67. The monoisotopic (exact) mass is 292 g/mol. The highest BCUT2D eigenvalue weighted by Crippen LogP contribution is 2.35. The van der Waals surface area contributed by atoms with Gasteiger partial charge in [-0.25, -0.2) is 4.39 Å². The van der Waals surface area contributed by atoms with E-state index in [2.05, 4.69) is 4.90 Å². The van der Waals surface area contributed by atoms with Gasteiger partial charge in [0.2, 0.25) is 0 Å². The minimum atomic E-state index is -0.244. The van der Waals surface area contributed by atoms with E-state index in [-0.39, 0.29) is 5.82 Å². The molecule has 2 rings (SSSR count). The summed E-state index contributed by atoms with van der Waals surface area (Å²) in [5.74, 6) is -0.244. The number of nitrogens with two attached hydrogens (primary N) is 1. The maximum Gasteiger partial charge on any atom is 0.123 e. The zero-order chi connectivity index (χ0) is 14.5. The Hall–Kier alpha value is -1.58. The van der Waals surface area contributed by atoms with Crippen LogP contribution in [0.3, 0.4) is 0 Å². The van der Waals surface area contributed by atoms with E-state index in [1.165, 1.54) is 12.1 Å². The van der Waals surface area contributed by atoms with Crippen LogP contribution in [-0.4, -0.2) is 13.1 Å². The predicted molar refractivity (Wildman–Crippen MR) is 83.3 cm³/mol. The maximum absolute atomic E-state index is 13.1. The molecule has 106 valence electrons. The minimum Gasteiger partial charge on any atom is -0.340 e. The zero-order valence-electron chi connectivity index (χ0n) is 11.4. The average molecular weight is 293 g/mol. The van der Waals surface area contributed by atoms with Gasteiger partial charge >= 0.3 is 0 Å². The van der Waals surface area contributed by atoms with Crippen molar-refractivity contribution in [3.63, 3.8) is 0 Å². The van der Waals surface area contributed by atoms with E-state index >= 15 is 0 Å². The molecule has 0 saturated carbocycles. The van der Waals surface area contributed by atoms with Crippen molar-refractivity contribution in [3.05, 3.63) is 58.9 Å². The Kier molecular flexibility index (Phi) is 4.99. The Morgan fingerprint density at radius 1 is 1.15 bits per heavy atom. The van der Waals surface area contributed by atoms with Crippen LogP contribution in [0.2, 0.25) is 5.02 Å². The summed E-state index contributed by atoms with van der Waals surface area (Å²) < 4.78 is 13.1. The maximum atomic E-state index is 13.1. The zero-order valence-corrected chi connectivity index (χ0v) is 12.2. The van der Waals surface area contributed by atoms with Crippen molar-refractivity contribution in [3.8, 4) is 0 Å². The molecule has 0 saturated heterocycles. The van der Waals surface area contributed by atoms with E-state index in [1.807, 2.05) is 25.1 Å². The van der Waals surface area contributed by atoms with E-state index in [0.29, 0.717) is 11.6 Å². The molecule has 0 atom stereocenters. The summed E-state index contributed by atoms with van der Waals surface area (Å²) in [4.78, 5) is 2.08. The molecular weight excluding hydrogens is 275 g/mol. The van der Waals surface area contributed by atoms with E-state index in [9.17, 15) is 4.39 Å². The first-order valence-corrected chi connectivity index (χ1v) is 7.05. The summed E-state index contributed by atoms with van der Waals surface area (Å²) in [6.45, 7) is 3.35. The number of nitrogens with zero attached hydrogens (tertiary/aromatic N) is 1. The van der Waals surface area contributed by atoms with Crippen LogP contribution in [0.15, 0.2) is 42.5 Å². The number of hydrogen-bond acceptors (Lipinski definition) is 2. The Balaban J connectivity index is 2.48. The van der Waals surface area contributed by atoms with Gasteiger partial charge in [-0.2, -0.15) is 0 Å². The molecule has 0 aliphatic heterocycles. The van der Waals surface area contributed by atoms with Gasteiger partial charge in [-0.05, 0) is 55.8 Å². The van der Waals surface area contributed by atoms with Crippen LogP contribution in [0, 0.1) is 5.82 Å². The van der Waals surface area contributed by atoms with Gasteiger partial charge in [0.15, 0.2) is 0 Å². The molecule has 0 aliphatic carbocycles. The fourth-order valence-corrected chi connectivity index (χ4v) is 2.61. The molecule has 2 nitrogen and oxygen atoms in total. The second-order valence-electron chi connectivity index (χ2n) is 4.51. The summed E-state index contributed by atoms with van der Waals surface area (Å²) >= 11 is 6.36. The number of benzene rings is 2. The van der Waals surface area contributed by atoms with Crippen molar-refractivity contribution >= 4 is 23.0 Å². The van der Waals surface area contributed by atoms with Crippen molar-refractivity contribution in [2.45, 2.75) is 13.3 Å². The molecule has 0 spiro atoms. The second kappa shape index (κ2) is 6.73. The molecule has 0 amide bonds. The highest BCUT2D eigenvalue weighted by atomic mass is 35.5. The van der Waals surface area contributed by atoms with Crippen molar-refractivity contribution in [2.24, 2.45) is 5.73 Å². The molecule has 2 aromatic carbocycles. The summed E-state index contributed by atoms with van der Waals surface area (Å²) in [6.07, 6.45) is 0.758. The highest BCUT2D eigenvalue weighted by Gasteiger charge is 2.15. The van der Waals surface area contributed by atoms with Crippen molar-refractivity contribution < 1.29 is 4.39 Å². The lowest BCUT2D eigenvalue weighted by atomic mass is 10.1. The quantitative estimate of drug-likeness (QED) is 0.897. The fourth-order valence-electron chi connectivity index (χ4n) is 2.31. The van der Waals surface area contributed by atoms with Crippen molar-refractivity contribution in [1.29, 1.82) is 0 Å². The third-order valence-electron chi connectivity index (χ3n) is 3.21. The molecule has 0 unspecified atom stereocenters. The van der Waals surface area contributed by atoms with Crippen LogP contribution >= 0.6 is 11.6 Å². The first-order valence-electron chi connectivity index (χ1n) is 6.68. The van der Waals surface area contributed by atoms with Crippen LogP contribution in [-0.2, 0) is 6.42 Å². The molecule has 2 aromatic rings. The van der Waals surface area contributed by atoms with E-state index in [1.54, 1.807) is 12.1 Å². The third kappa shape index (κ3) is 3.11. The smallest absolute Gasteiger partial charge is 0.123 e. The van der Waals surface area contributed by atoms with Gasteiger partial charge in [-0.3, -0.25) is 0 Å². The molecule has 20 heavy (non-hydrogen) atoms. The number of para-hydroxylation sites is 1. The molecule has 2 N–H and O–H groups in total. The molecule has 4 heteroatoms. The normalized spacial score (nSPS) is 10.6. The third-order valence-corrected chi connectivity index (χ3v) is 3.51. The van der Waals surface area contributed by atoms with Crippen LogP contribution in [0.4, 0.5) is 15.8 Å². The summed E-state index contributed by atoms with van der Waals surface area (Å²) in [5, 5.41) is 0.683. The number of hydrogen-bond donors (Lipinski definition) is 1. The van der Waals surface area contributed by atoms with Crippen LogP contribution in [0.5, 0.6) is 0 Å². The standard InChI is InChI=1S/C16H18ClFN2/c1-2-20(14-8-6-13(18)7-9-14)16-12(10-11-19)4-3-5-15(16)17/h3-9H,2,10-11,19H2,1H3. The largest absolute Gasteiger partial charge is 0.340 e. The van der Waals surface area contributed by atoms with Gasteiger partial charge in [-0.15, -0.1) is 0 Å². The molecule has 0 radical (unpaired) electrons. The Morgan fingerprint density at radius 3 is 2.45 bits per heavy atom. The number of halogens is 2. The Morgan fingerprint density at radius 2 is 1.85 bits per heavy atom. The topological polar surface area (TPSA) is 29.3 Å². The van der Waals surface area contributed by atoms with Crippen molar-refractivity contribution in [1.82, 2.24) is 0 Å². The summed E-state index contributed by atoms with van der Waals surface area (Å²) in [6, 6.07) is 12.2. The highest BCUT2D eigenvalue weighted by molar-refractivity contribution is 6.33. The molecule has 0 bridgehead atoms. The molecule has 0 fully saturated rings. The predicted octanol–water partition coefficient (Wildman–Crippen LogP) is 4.14. The molecule has 0 heterocycles. The van der Waals surface area contributed by atoms with Gasteiger partial charge in [0.25, 0.3) is 0 Å². The fraction of sp³-hybridized carbons (Fsp3) is 0.250. The number of anilines is 2. The van der Waals surface area contributed by atoms with Gasteiger partial charge < -0.3 is 10.6 Å². The molecule has 0 aromatic heterocycles. The van der Waals surface area contributed by atoms with Crippen molar-refractivity contribution in [2.75, 3.05) is 18.0 Å². The van der Waals surface area contributed by atoms with Crippen LogP contribution in [0.1, 0.15) is 12.5 Å². The number of rotatable bonds is 5. The second-order valence-corrected chi connectivity index (χ2v) is 4.91. The lowest BCUT2D eigenvalue weighted by molar-refractivity contribution is 0.628. The lowest BCUT2D eigenvalue weighted by Gasteiger charge is -2.27. The van der Waals surface area contributed by atoms with Crippen LogP contribution < -0.4 is 10.6 Å². The van der Waals surface area contributed by atoms with E-state index in [4.69, 9.17) is 17.3 Å². The van der Waals surface area contributed by atoms with E-state index in [0.717, 1.165) is 29.9 Å². The van der Waals surface area contributed by atoms with Gasteiger partial charge in [0.05, 0.1) is 10.7 Å². The SMILES string of the molecule is CCN(c1ccc(F)cc1)c1c(Cl)cccc1CCN. The minimum absolute atomic E-state index is 0.244.